The van der Waals surface area contributed by atoms with Crippen molar-refractivity contribution >= 4 is 11.8 Å². The number of hydrogen-bond acceptors (Lipinski definition) is 4. The van der Waals surface area contributed by atoms with Crippen molar-refractivity contribution in [3.8, 4) is 0 Å². The minimum atomic E-state index is -0.362. The van der Waals surface area contributed by atoms with Crippen molar-refractivity contribution in [2.75, 3.05) is 19.6 Å². The molecule has 1 N–H and O–H groups in total. The Morgan fingerprint density at radius 2 is 2.30 bits per heavy atom. The van der Waals surface area contributed by atoms with Crippen molar-refractivity contribution in [2.24, 2.45) is 5.92 Å². The van der Waals surface area contributed by atoms with Crippen molar-refractivity contribution in [3.05, 3.63) is 46.0 Å². The lowest BCUT2D eigenvalue weighted by Gasteiger charge is -2.15. The molecule has 2 unspecified atom stereocenters. The lowest BCUT2D eigenvalue weighted by atomic mass is 10.0. The van der Waals surface area contributed by atoms with Gasteiger partial charge in [0.15, 0.2) is 0 Å². The van der Waals surface area contributed by atoms with Crippen LogP contribution in [0.1, 0.15) is 18.9 Å². The van der Waals surface area contributed by atoms with Crippen LogP contribution in [-0.4, -0.2) is 40.7 Å². The van der Waals surface area contributed by atoms with E-state index < -0.39 is 0 Å². The smallest absolute Gasteiger partial charge is 0.276 e. The molecule has 1 saturated heterocycles. The number of hydrogen-bond donors (Lipinski definition) is 1. The number of nitrogens with zero attached hydrogens (tertiary/aromatic N) is 2. The molecule has 0 spiro atoms. The lowest BCUT2D eigenvalue weighted by Crippen LogP contribution is -2.24. The fourth-order valence-corrected chi connectivity index (χ4v) is 2.55. The Labute approximate surface area is 118 Å². The summed E-state index contributed by atoms with van der Waals surface area (Å²) in [6, 6.07) is 6.73. The summed E-state index contributed by atoms with van der Waals surface area (Å²) in [5.74, 6) is 0.342. The van der Waals surface area contributed by atoms with Gasteiger partial charge in [0.1, 0.15) is 0 Å². The first-order valence-corrected chi connectivity index (χ1v) is 6.88. The summed E-state index contributed by atoms with van der Waals surface area (Å²) in [6.45, 7) is 4.45. The molecule has 0 radical (unpaired) electrons. The second-order valence-electron chi connectivity index (χ2n) is 5.27. The van der Waals surface area contributed by atoms with E-state index in [-0.39, 0.29) is 16.7 Å². The van der Waals surface area contributed by atoms with Crippen molar-refractivity contribution < 1.29 is 10.0 Å². The zero-order valence-corrected chi connectivity index (χ0v) is 11.6. The van der Waals surface area contributed by atoms with Gasteiger partial charge in [-0.25, -0.2) is 0 Å². The molecular weight excluding hydrogens is 256 g/mol. The van der Waals surface area contributed by atoms with Crippen molar-refractivity contribution in [2.45, 2.75) is 19.4 Å². The Balaban J connectivity index is 1.93. The van der Waals surface area contributed by atoms with Crippen LogP contribution in [-0.2, 0) is 0 Å². The summed E-state index contributed by atoms with van der Waals surface area (Å²) < 4.78 is 0. The van der Waals surface area contributed by atoms with Gasteiger partial charge >= 0.3 is 0 Å². The second-order valence-corrected chi connectivity index (χ2v) is 5.27. The van der Waals surface area contributed by atoms with Crippen molar-refractivity contribution in [1.29, 1.82) is 0 Å². The minimum absolute atomic E-state index is 0.132. The van der Waals surface area contributed by atoms with Gasteiger partial charge in [0.05, 0.1) is 16.6 Å². The molecule has 2 rings (SSSR count). The number of benzene rings is 1. The van der Waals surface area contributed by atoms with E-state index in [2.05, 4.69) is 4.90 Å². The number of aliphatic hydroxyl groups is 1. The molecule has 1 aromatic carbocycles. The first-order valence-electron chi connectivity index (χ1n) is 6.88. The third kappa shape index (κ3) is 3.65. The molecule has 0 saturated carbocycles. The molecule has 1 heterocycles. The number of para-hydroxylation sites is 1. The van der Waals surface area contributed by atoms with Crippen LogP contribution in [0, 0.1) is 16.0 Å². The van der Waals surface area contributed by atoms with Crippen LogP contribution in [0.2, 0.25) is 0 Å². The van der Waals surface area contributed by atoms with Crippen LogP contribution in [0.3, 0.4) is 0 Å². The van der Waals surface area contributed by atoms with Gasteiger partial charge in [0.2, 0.25) is 0 Å². The highest BCUT2D eigenvalue weighted by Gasteiger charge is 2.24. The highest BCUT2D eigenvalue weighted by atomic mass is 16.6. The minimum Gasteiger partial charge on any atom is -0.393 e. The SMILES string of the molecule is CC(O)C1CCN(C/C=C/c2ccccc2[N+](=O)[O-])C1. The maximum absolute atomic E-state index is 10.9. The summed E-state index contributed by atoms with van der Waals surface area (Å²) in [6.07, 6.45) is 4.50. The van der Waals surface area contributed by atoms with E-state index in [1.807, 2.05) is 13.0 Å². The summed E-state index contributed by atoms with van der Waals surface area (Å²) in [5, 5.41) is 20.4. The monoisotopic (exact) mass is 276 g/mol. The Morgan fingerprint density at radius 1 is 1.55 bits per heavy atom. The molecule has 1 aliphatic rings. The zero-order chi connectivity index (χ0) is 14.5. The number of rotatable bonds is 5. The number of nitro groups is 1. The third-order valence-corrected chi connectivity index (χ3v) is 3.79. The van der Waals surface area contributed by atoms with E-state index in [0.717, 1.165) is 26.1 Å². The summed E-state index contributed by atoms with van der Waals surface area (Å²) in [7, 11) is 0. The Morgan fingerprint density at radius 3 is 2.95 bits per heavy atom. The van der Waals surface area contributed by atoms with Gasteiger partial charge in [-0.2, -0.15) is 0 Å². The standard InChI is InChI=1S/C15H20N2O3/c1-12(18)14-8-10-16(11-14)9-4-6-13-5-2-3-7-15(13)17(19)20/h2-7,12,14,18H,8-11H2,1H3/b6-4+. The van der Waals surface area contributed by atoms with E-state index in [4.69, 9.17) is 0 Å². The molecule has 1 aromatic rings. The molecule has 2 atom stereocenters. The molecule has 0 aliphatic carbocycles. The van der Waals surface area contributed by atoms with Gasteiger partial charge in [0.25, 0.3) is 5.69 Å². The van der Waals surface area contributed by atoms with E-state index >= 15 is 0 Å². The van der Waals surface area contributed by atoms with Gasteiger partial charge in [-0.1, -0.05) is 24.3 Å². The largest absolute Gasteiger partial charge is 0.393 e. The van der Waals surface area contributed by atoms with Crippen LogP contribution in [0.4, 0.5) is 5.69 Å². The van der Waals surface area contributed by atoms with Crippen LogP contribution < -0.4 is 0 Å². The Kier molecular flexibility index (Phi) is 4.87. The first kappa shape index (κ1) is 14.7. The maximum Gasteiger partial charge on any atom is 0.276 e. The van der Waals surface area contributed by atoms with Crippen molar-refractivity contribution in [3.63, 3.8) is 0 Å². The molecule has 0 bridgehead atoms. The maximum atomic E-state index is 10.9. The quantitative estimate of drug-likeness (QED) is 0.662. The molecule has 5 heteroatoms. The Hall–Kier alpha value is -1.72. The third-order valence-electron chi connectivity index (χ3n) is 3.79. The number of aliphatic hydroxyl groups excluding tert-OH is 1. The molecule has 5 nitrogen and oxygen atoms in total. The van der Waals surface area contributed by atoms with Gasteiger partial charge < -0.3 is 5.11 Å². The zero-order valence-electron chi connectivity index (χ0n) is 11.6. The lowest BCUT2D eigenvalue weighted by molar-refractivity contribution is -0.385. The van der Waals surface area contributed by atoms with Crippen LogP contribution in [0.5, 0.6) is 0 Å². The highest BCUT2D eigenvalue weighted by Crippen LogP contribution is 2.21. The summed E-state index contributed by atoms with van der Waals surface area (Å²) in [5.41, 5.74) is 0.760. The molecule has 20 heavy (non-hydrogen) atoms. The fourth-order valence-electron chi connectivity index (χ4n) is 2.55. The first-order chi connectivity index (χ1) is 9.58. The number of likely N-dealkylation sites (tertiary alicyclic amines) is 1. The molecular formula is C15H20N2O3. The van der Waals surface area contributed by atoms with Crippen LogP contribution in [0.25, 0.3) is 6.08 Å². The fraction of sp³-hybridized carbons (Fsp3) is 0.467. The normalized spacial score (nSPS) is 21.4. The van der Waals surface area contributed by atoms with Gasteiger partial charge in [-0.15, -0.1) is 0 Å². The molecule has 0 aromatic heterocycles. The second kappa shape index (κ2) is 6.63. The molecule has 1 aliphatic heterocycles. The highest BCUT2D eigenvalue weighted by molar-refractivity contribution is 5.60. The van der Waals surface area contributed by atoms with Gasteiger partial charge in [-0.3, -0.25) is 15.0 Å². The van der Waals surface area contributed by atoms with Crippen LogP contribution >= 0.6 is 0 Å². The molecule has 0 amide bonds. The van der Waals surface area contributed by atoms with E-state index in [9.17, 15) is 15.2 Å². The van der Waals surface area contributed by atoms with Crippen molar-refractivity contribution in [1.82, 2.24) is 4.90 Å². The average Bonchev–Trinajstić information content (AvgIpc) is 2.88. The topological polar surface area (TPSA) is 66.6 Å². The van der Waals surface area contributed by atoms with Gasteiger partial charge in [-0.05, 0) is 31.9 Å². The van der Waals surface area contributed by atoms with E-state index in [1.165, 1.54) is 6.07 Å². The number of nitro benzene ring substituents is 1. The summed E-state index contributed by atoms with van der Waals surface area (Å²) >= 11 is 0. The van der Waals surface area contributed by atoms with E-state index in [1.54, 1.807) is 24.3 Å². The predicted molar refractivity (Wildman–Crippen MR) is 78.4 cm³/mol. The average molecular weight is 276 g/mol. The van der Waals surface area contributed by atoms with Crippen LogP contribution in [0.15, 0.2) is 30.3 Å². The molecule has 1 fully saturated rings. The summed E-state index contributed by atoms with van der Waals surface area (Å²) in [4.78, 5) is 12.8. The Bertz CT molecular complexity index is 500. The predicted octanol–water partition coefficient (Wildman–Crippen LogP) is 2.31. The van der Waals surface area contributed by atoms with E-state index in [0.29, 0.717) is 11.5 Å². The van der Waals surface area contributed by atoms with Gasteiger partial charge in [0, 0.05) is 19.2 Å². The molecule has 108 valence electrons.